The summed E-state index contributed by atoms with van der Waals surface area (Å²) in [6, 6.07) is 13.0. The van der Waals surface area contributed by atoms with E-state index in [1.165, 1.54) is 31.7 Å². The van der Waals surface area contributed by atoms with E-state index in [9.17, 15) is 9.50 Å². The van der Waals surface area contributed by atoms with Gasteiger partial charge in [0.05, 0.1) is 18.5 Å². The number of benzene rings is 2. The topological polar surface area (TPSA) is 50.5 Å². The van der Waals surface area contributed by atoms with Crippen molar-refractivity contribution in [3.63, 3.8) is 0 Å². The van der Waals surface area contributed by atoms with Gasteiger partial charge in [-0.2, -0.15) is 5.10 Å². The van der Waals surface area contributed by atoms with Crippen LogP contribution in [0.15, 0.2) is 48.7 Å². The van der Waals surface area contributed by atoms with Crippen molar-refractivity contribution >= 4 is 5.69 Å². The second-order valence-corrected chi connectivity index (χ2v) is 6.37. The highest BCUT2D eigenvalue weighted by Gasteiger charge is 2.14. The van der Waals surface area contributed by atoms with E-state index < -0.39 is 11.6 Å². The van der Waals surface area contributed by atoms with E-state index in [0.717, 1.165) is 24.3 Å². The first-order valence-electron chi connectivity index (χ1n) is 8.63. The van der Waals surface area contributed by atoms with Gasteiger partial charge in [0.25, 0.3) is 0 Å². The summed E-state index contributed by atoms with van der Waals surface area (Å²) in [6.45, 7) is 2.23. The lowest BCUT2D eigenvalue weighted by Gasteiger charge is -2.17. The van der Waals surface area contributed by atoms with E-state index >= 15 is 0 Å². The van der Waals surface area contributed by atoms with Crippen LogP contribution < -0.4 is 9.64 Å². The van der Waals surface area contributed by atoms with E-state index in [0.29, 0.717) is 5.69 Å². The monoisotopic (exact) mass is 353 g/mol. The summed E-state index contributed by atoms with van der Waals surface area (Å²) in [5, 5.41) is 14.2. The predicted molar refractivity (Wildman–Crippen MR) is 98.6 cm³/mol. The van der Waals surface area contributed by atoms with E-state index in [1.807, 2.05) is 6.07 Å². The second kappa shape index (κ2) is 6.71. The molecule has 0 radical (unpaired) electrons. The van der Waals surface area contributed by atoms with Crippen molar-refractivity contribution in [3.05, 3.63) is 54.5 Å². The molecule has 0 unspecified atom stereocenters. The maximum absolute atomic E-state index is 13.9. The van der Waals surface area contributed by atoms with E-state index in [2.05, 4.69) is 34.3 Å². The molecule has 0 amide bonds. The molecule has 26 heavy (non-hydrogen) atoms. The SMILES string of the molecule is COc1cc(-n2ccc(-c3ccc(N4CCCC4)cc3)n2)cc(F)c1O. The summed E-state index contributed by atoms with van der Waals surface area (Å²) in [6.07, 6.45) is 4.26. The first-order chi connectivity index (χ1) is 12.7. The van der Waals surface area contributed by atoms with Gasteiger partial charge < -0.3 is 14.7 Å². The van der Waals surface area contributed by atoms with Gasteiger partial charge in [-0.3, -0.25) is 0 Å². The molecule has 1 saturated heterocycles. The molecule has 1 aliphatic heterocycles. The Morgan fingerprint density at radius 1 is 1.04 bits per heavy atom. The van der Waals surface area contributed by atoms with Crippen LogP contribution in [-0.2, 0) is 0 Å². The number of ether oxygens (including phenoxy) is 1. The van der Waals surface area contributed by atoms with Crippen LogP contribution in [0.5, 0.6) is 11.5 Å². The molecular formula is C20H20FN3O2. The van der Waals surface area contributed by atoms with Crippen molar-refractivity contribution in [2.45, 2.75) is 12.8 Å². The Balaban J connectivity index is 1.61. The summed E-state index contributed by atoms with van der Waals surface area (Å²) in [5.74, 6) is -1.17. The number of nitrogens with zero attached hydrogens (tertiary/aromatic N) is 3. The van der Waals surface area contributed by atoms with Crippen LogP contribution in [0.4, 0.5) is 10.1 Å². The number of anilines is 1. The molecule has 4 rings (SSSR count). The summed E-state index contributed by atoms with van der Waals surface area (Å²) in [4.78, 5) is 2.38. The fourth-order valence-corrected chi connectivity index (χ4v) is 3.29. The largest absolute Gasteiger partial charge is 0.502 e. The van der Waals surface area contributed by atoms with Gasteiger partial charge in [-0.05, 0) is 31.0 Å². The van der Waals surface area contributed by atoms with Gasteiger partial charge in [-0.25, -0.2) is 9.07 Å². The van der Waals surface area contributed by atoms with Crippen LogP contribution >= 0.6 is 0 Å². The van der Waals surface area contributed by atoms with Gasteiger partial charge in [0, 0.05) is 42.7 Å². The first kappa shape index (κ1) is 16.4. The molecule has 1 aromatic heterocycles. The van der Waals surface area contributed by atoms with Crippen LogP contribution in [0.1, 0.15) is 12.8 Å². The molecule has 2 heterocycles. The molecule has 0 spiro atoms. The standard InChI is InChI=1S/C20H20FN3O2/c1-26-19-13-16(12-17(21)20(19)25)24-11-8-18(22-24)14-4-6-15(7-5-14)23-9-2-3-10-23/h4-8,11-13,25H,2-3,9-10H2,1H3. The number of rotatable bonds is 4. The number of aromatic hydroxyl groups is 1. The van der Waals surface area contributed by atoms with E-state index in [4.69, 9.17) is 4.74 Å². The minimum atomic E-state index is -0.744. The Morgan fingerprint density at radius 3 is 2.46 bits per heavy atom. The molecule has 1 aliphatic rings. The third kappa shape index (κ3) is 2.98. The number of halogens is 1. The van der Waals surface area contributed by atoms with Crippen LogP contribution in [0.25, 0.3) is 16.9 Å². The van der Waals surface area contributed by atoms with Crippen molar-refractivity contribution in [2.24, 2.45) is 0 Å². The summed E-state index contributed by atoms with van der Waals surface area (Å²) in [7, 11) is 1.38. The van der Waals surface area contributed by atoms with Crippen LogP contribution in [0.3, 0.4) is 0 Å². The normalized spacial score (nSPS) is 14.0. The fourth-order valence-electron chi connectivity index (χ4n) is 3.29. The molecule has 3 aromatic rings. The molecule has 0 atom stereocenters. The molecule has 5 nitrogen and oxygen atoms in total. The average molecular weight is 353 g/mol. The Morgan fingerprint density at radius 2 is 1.77 bits per heavy atom. The van der Waals surface area contributed by atoms with Crippen molar-refractivity contribution in [2.75, 3.05) is 25.1 Å². The quantitative estimate of drug-likeness (QED) is 0.770. The number of phenolic OH excluding ortho intramolecular Hbond substituents is 1. The first-order valence-corrected chi connectivity index (χ1v) is 8.63. The minimum absolute atomic E-state index is 0.0759. The van der Waals surface area contributed by atoms with Crippen molar-refractivity contribution in [3.8, 4) is 28.4 Å². The van der Waals surface area contributed by atoms with Gasteiger partial charge >= 0.3 is 0 Å². The van der Waals surface area contributed by atoms with E-state index in [1.54, 1.807) is 16.9 Å². The zero-order chi connectivity index (χ0) is 18.1. The smallest absolute Gasteiger partial charge is 0.194 e. The Bertz CT molecular complexity index is 915. The third-order valence-electron chi connectivity index (χ3n) is 4.72. The molecule has 6 heteroatoms. The highest BCUT2D eigenvalue weighted by Crippen LogP contribution is 2.32. The highest BCUT2D eigenvalue weighted by molar-refractivity contribution is 5.63. The summed E-state index contributed by atoms with van der Waals surface area (Å²) < 4.78 is 20.4. The highest BCUT2D eigenvalue weighted by atomic mass is 19.1. The molecular weight excluding hydrogens is 333 g/mol. The Hall–Kier alpha value is -3.02. The van der Waals surface area contributed by atoms with Gasteiger partial charge in [0.15, 0.2) is 17.3 Å². The number of hydrogen-bond acceptors (Lipinski definition) is 4. The Labute approximate surface area is 151 Å². The van der Waals surface area contributed by atoms with Crippen molar-refractivity contribution < 1.29 is 14.2 Å². The predicted octanol–water partition coefficient (Wildman–Crippen LogP) is 3.99. The molecule has 2 aromatic carbocycles. The molecule has 0 saturated carbocycles. The number of methoxy groups -OCH3 is 1. The lowest BCUT2D eigenvalue weighted by atomic mass is 10.1. The molecule has 134 valence electrons. The van der Waals surface area contributed by atoms with Crippen LogP contribution in [-0.4, -0.2) is 35.1 Å². The minimum Gasteiger partial charge on any atom is -0.502 e. The van der Waals surface area contributed by atoms with Crippen LogP contribution in [0.2, 0.25) is 0 Å². The fraction of sp³-hybridized carbons (Fsp3) is 0.250. The average Bonchev–Trinajstić information content (AvgIpc) is 3.36. The maximum atomic E-state index is 13.9. The number of hydrogen-bond donors (Lipinski definition) is 1. The Kier molecular flexibility index (Phi) is 4.24. The van der Waals surface area contributed by atoms with Gasteiger partial charge in [0.2, 0.25) is 0 Å². The molecule has 1 fully saturated rings. The van der Waals surface area contributed by atoms with Crippen LogP contribution in [0, 0.1) is 5.82 Å². The van der Waals surface area contributed by atoms with E-state index in [-0.39, 0.29) is 5.75 Å². The molecule has 1 N–H and O–H groups in total. The number of phenols is 1. The van der Waals surface area contributed by atoms with Crippen molar-refractivity contribution in [1.29, 1.82) is 0 Å². The molecule has 0 bridgehead atoms. The van der Waals surface area contributed by atoms with Gasteiger partial charge in [0.1, 0.15) is 0 Å². The zero-order valence-electron chi connectivity index (χ0n) is 14.5. The maximum Gasteiger partial charge on any atom is 0.194 e. The number of aromatic nitrogens is 2. The van der Waals surface area contributed by atoms with Gasteiger partial charge in [-0.1, -0.05) is 12.1 Å². The molecule has 0 aliphatic carbocycles. The second-order valence-electron chi connectivity index (χ2n) is 6.37. The lowest BCUT2D eigenvalue weighted by Crippen LogP contribution is -2.17. The summed E-state index contributed by atoms with van der Waals surface area (Å²) in [5.41, 5.74) is 3.51. The summed E-state index contributed by atoms with van der Waals surface area (Å²) >= 11 is 0. The zero-order valence-corrected chi connectivity index (χ0v) is 14.5. The lowest BCUT2D eigenvalue weighted by molar-refractivity contribution is 0.356. The van der Waals surface area contributed by atoms with Crippen molar-refractivity contribution in [1.82, 2.24) is 9.78 Å². The van der Waals surface area contributed by atoms with Gasteiger partial charge in [-0.15, -0.1) is 0 Å². The third-order valence-corrected chi connectivity index (χ3v) is 4.72.